The van der Waals surface area contributed by atoms with E-state index in [4.69, 9.17) is 9.72 Å². The second-order valence-corrected chi connectivity index (χ2v) is 5.73. The van der Waals surface area contributed by atoms with Gasteiger partial charge in [-0.05, 0) is 12.1 Å². The summed E-state index contributed by atoms with van der Waals surface area (Å²) in [6, 6.07) is 20.2. The highest BCUT2D eigenvalue weighted by Crippen LogP contribution is 2.28. The lowest BCUT2D eigenvalue weighted by molar-refractivity contribution is 0.145. The molecule has 2 N–H and O–H groups in total. The van der Waals surface area contributed by atoms with Crippen molar-refractivity contribution >= 4 is 22.7 Å². The number of hydrogen-bond acceptors (Lipinski definition) is 4. The molecule has 1 amide bonds. The number of rotatable bonds is 4. The number of carbonyl (C=O) groups is 1. The molecule has 0 aliphatic carbocycles. The normalized spacial score (nSPS) is 16.7. The number of pyridine rings is 1. The van der Waals surface area contributed by atoms with Gasteiger partial charge in [-0.1, -0.05) is 48.5 Å². The van der Waals surface area contributed by atoms with Crippen LogP contribution >= 0.6 is 0 Å². The number of benzene rings is 2. The molecule has 1 aliphatic heterocycles. The van der Waals surface area contributed by atoms with Gasteiger partial charge in [0, 0.05) is 16.6 Å². The molecule has 0 unspecified atom stereocenters. The first-order chi connectivity index (χ1) is 11.8. The molecule has 2 heterocycles. The van der Waals surface area contributed by atoms with Crippen LogP contribution in [0.3, 0.4) is 0 Å². The molecule has 4 rings (SSSR count). The lowest BCUT2D eigenvalue weighted by Gasteiger charge is -2.14. The van der Waals surface area contributed by atoms with Gasteiger partial charge in [-0.2, -0.15) is 0 Å². The van der Waals surface area contributed by atoms with E-state index in [0.29, 0.717) is 13.1 Å². The van der Waals surface area contributed by atoms with Crippen molar-refractivity contribution < 1.29 is 9.53 Å². The number of carbonyl (C=O) groups excluding carboxylic acids is 1. The number of ether oxygens (including phenoxy) is 1. The van der Waals surface area contributed by atoms with Crippen LogP contribution in [0, 0.1) is 0 Å². The van der Waals surface area contributed by atoms with Crippen LogP contribution in [0.15, 0.2) is 60.7 Å². The van der Waals surface area contributed by atoms with Gasteiger partial charge in [0.15, 0.2) is 0 Å². The predicted molar refractivity (Wildman–Crippen MR) is 93.9 cm³/mol. The van der Waals surface area contributed by atoms with Gasteiger partial charge >= 0.3 is 6.09 Å². The van der Waals surface area contributed by atoms with Gasteiger partial charge in [-0.3, -0.25) is 0 Å². The number of nitrogens with one attached hydrogen (secondary N) is 2. The largest absolute Gasteiger partial charge is 0.442 e. The molecule has 2 aromatic carbocycles. The molecule has 1 fully saturated rings. The van der Waals surface area contributed by atoms with E-state index in [1.54, 1.807) is 0 Å². The summed E-state index contributed by atoms with van der Waals surface area (Å²) in [4.78, 5) is 15.9. The van der Waals surface area contributed by atoms with Crippen LogP contribution in [-0.4, -0.2) is 30.3 Å². The van der Waals surface area contributed by atoms with E-state index in [1.807, 2.05) is 60.7 Å². The third-order valence-corrected chi connectivity index (χ3v) is 4.05. The van der Waals surface area contributed by atoms with Crippen molar-refractivity contribution in [2.75, 3.05) is 18.4 Å². The van der Waals surface area contributed by atoms with Gasteiger partial charge in [0.2, 0.25) is 0 Å². The number of fused-ring (bicyclic) bond motifs is 1. The standard InChI is InChI=1S/C19H17N3O2/c23-19-21-12-14(24-19)11-20-18-10-17(13-6-2-1-3-7-13)22-16-9-5-4-8-15(16)18/h1-10,14H,11-12H2,(H,20,22)(H,21,23)/t14-/m0/s1. The van der Waals surface area contributed by atoms with E-state index in [2.05, 4.69) is 10.6 Å². The molecule has 1 aromatic heterocycles. The molecule has 3 aromatic rings. The van der Waals surface area contributed by atoms with E-state index in [-0.39, 0.29) is 12.2 Å². The Morgan fingerprint density at radius 2 is 1.92 bits per heavy atom. The minimum absolute atomic E-state index is 0.162. The van der Waals surface area contributed by atoms with Gasteiger partial charge in [0.05, 0.1) is 24.3 Å². The van der Waals surface area contributed by atoms with Crippen molar-refractivity contribution in [3.05, 3.63) is 60.7 Å². The summed E-state index contributed by atoms with van der Waals surface area (Å²) in [6.07, 6.45) is -0.518. The third-order valence-electron chi connectivity index (χ3n) is 4.05. The Labute approximate surface area is 139 Å². The highest BCUT2D eigenvalue weighted by atomic mass is 16.6. The lowest BCUT2D eigenvalue weighted by Crippen LogP contribution is -2.23. The van der Waals surface area contributed by atoms with Crippen molar-refractivity contribution in [2.45, 2.75) is 6.10 Å². The van der Waals surface area contributed by atoms with Gasteiger partial charge < -0.3 is 15.4 Å². The molecule has 24 heavy (non-hydrogen) atoms. The second kappa shape index (κ2) is 6.20. The van der Waals surface area contributed by atoms with E-state index < -0.39 is 0 Å². The van der Waals surface area contributed by atoms with E-state index >= 15 is 0 Å². The Kier molecular flexibility index (Phi) is 3.75. The Hall–Kier alpha value is -3.08. The van der Waals surface area contributed by atoms with Gasteiger partial charge in [0.1, 0.15) is 6.10 Å². The monoisotopic (exact) mass is 319 g/mol. The smallest absolute Gasteiger partial charge is 0.407 e. The molecule has 0 bridgehead atoms. The first kappa shape index (κ1) is 14.5. The molecule has 5 heteroatoms. The highest BCUT2D eigenvalue weighted by molar-refractivity contribution is 5.93. The maximum atomic E-state index is 11.1. The average molecular weight is 319 g/mol. The number of cyclic esters (lactones) is 1. The van der Waals surface area contributed by atoms with Crippen molar-refractivity contribution in [1.29, 1.82) is 0 Å². The number of amides is 1. The van der Waals surface area contributed by atoms with Crippen LogP contribution in [0.4, 0.5) is 10.5 Å². The van der Waals surface area contributed by atoms with E-state index in [9.17, 15) is 4.79 Å². The fourth-order valence-corrected chi connectivity index (χ4v) is 2.85. The predicted octanol–water partition coefficient (Wildman–Crippen LogP) is 3.42. The Morgan fingerprint density at radius 1 is 1.12 bits per heavy atom. The molecular weight excluding hydrogens is 302 g/mol. The number of alkyl carbamates (subject to hydrolysis) is 1. The Bertz CT molecular complexity index is 880. The molecule has 1 saturated heterocycles. The average Bonchev–Trinajstić information content (AvgIpc) is 3.05. The van der Waals surface area contributed by atoms with Crippen LogP contribution in [0.5, 0.6) is 0 Å². The maximum Gasteiger partial charge on any atom is 0.407 e. The number of nitrogens with zero attached hydrogens (tertiary/aromatic N) is 1. The summed E-state index contributed by atoms with van der Waals surface area (Å²) in [7, 11) is 0. The first-order valence-electron chi connectivity index (χ1n) is 7.93. The third kappa shape index (κ3) is 2.88. The van der Waals surface area contributed by atoms with Crippen LogP contribution < -0.4 is 10.6 Å². The van der Waals surface area contributed by atoms with Crippen molar-refractivity contribution in [2.24, 2.45) is 0 Å². The summed E-state index contributed by atoms with van der Waals surface area (Å²) in [5, 5.41) is 7.12. The molecule has 5 nitrogen and oxygen atoms in total. The quantitative estimate of drug-likeness (QED) is 0.773. The zero-order chi connectivity index (χ0) is 16.4. The molecule has 0 radical (unpaired) electrons. The number of anilines is 1. The topological polar surface area (TPSA) is 63.2 Å². The van der Waals surface area contributed by atoms with Gasteiger partial charge in [0.25, 0.3) is 0 Å². The Morgan fingerprint density at radius 3 is 2.71 bits per heavy atom. The summed E-state index contributed by atoms with van der Waals surface area (Å²) < 4.78 is 5.18. The Balaban J connectivity index is 1.68. The fourth-order valence-electron chi connectivity index (χ4n) is 2.85. The molecule has 1 aliphatic rings. The fraction of sp³-hybridized carbons (Fsp3) is 0.158. The summed E-state index contributed by atoms with van der Waals surface area (Å²) in [5.74, 6) is 0. The summed E-state index contributed by atoms with van der Waals surface area (Å²) >= 11 is 0. The maximum absolute atomic E-state index is 11.1. The van der Waals surface area contributed by atoms with Crippen LogP contribution in [0.25, 0.3) is 22.2 Å². The molecule has 0 saturated carbocycles. The zero-order valence-electron chi connectivity index (χ0n) is 13.0. The van der Waals surface area contributed by atoms with E-state index in [1.165, 1.54) is 0 Å². The molecular formula is C19H17N3O2. The zero-order valence-corrected chi connectivity index (χ0v) is 13.0. The first-order valence-corrected chi connectivity index (χ1v) is 7.93. The minimum Gasteiger partial charge on any atom is -0.442 e. The minimum atomic E-state index is -0.355. The van der Waals surface area contributed by atoms with Crippen molar-refractivity contribution in [1.82, 2.24) is 10.3 Å². The molecule has 1 atom stereocenters. The number of para-hydroxylation sites is 1. The second-order valence-electron chi connectivity index (χ2n) is 5.73. The van der Waals surface area contributed by atoms with Crippen LogP contribution in [0.1, 0.15) is 0 Å². The van der Waals surface area contributed by atoms with Crippen LogP contribution in [-0.2, 0) is 4.74 Å². The van der Waals surface area contributed by atoms with Gasteiger partial charge in [-0.25, -0.2) is 9.78 Å². The van der Waals surface area contributed by atoms with Gasteiger partial charge in [-0.15, -0.1) is 0 Å². The lowest BCUT2D eigenvalue weighted by atomic mass is 10.1. The highest BCUT2D eigenvalue weighted by Gasteiger charge is 2.22. The molecule has 0 spiro atoms. The van der Waals surface area contributed by atoms with Crippen molar-refractivity contribution in [3.63, 3.8) is 0 Å². The van der Waals surface area contributed by atoms with Crippen LogP contribution in [0.2, 0.25) is 0 Å². The van der Waals surface area contributed by atoms with E-state index in [0.717, 1.165) is 27.8 Å². The summed E-state index contributed by atoms with van der Waals surface area (Å²) in [6.45, 7) is 1.08. The molecule has 120 valence electrons. The SMILES string of the molecule is O=C1NC[C@H](CNc2cc(-c3ccccc3)nc3ccccc23)O1. The number of aromatic nitrogens is 1. The number of hydrogen-bond donors (Lipinski definition) is 2. The van der Waals surface area contributed by atoms with Crippen molar-refractivity contribution in [3.8, 4) is 11.3 Å². The summed E-state index contributed by atoms with van der Waals surface area (Å²) in [5.41, 5.74) is 3.91.